The largest absolute Gasteiger partial charge is 0.508 e. The summed E-state index contributed by atoms with van der Waals surface area (Å²) < 4.78 is 15.9. The van der Waals surface area contributed by atoms with Crippen molar-refractivity contribution in [2.45, 2.75) is 172 Å². The van der Waals surface area contributed by atoms with Crippen LogP contribution in [0.1, 0.15) is 100 Å². The normalized spacial score (nSPS) is 22.2. The number of nitrogens with zero attached hydrogens (tertiary/aromatic N) is 5. The summed E-state index contributed by atoms with van der Waals surface area (Å²) in [5, 5.41) is 57.9. The van der Waals surface area contributed by atoms with Crippen molar-refractivity contribution in [3.63, 3.8) is 0 Å². The summed E-state index contributed by atoms with van der Waals surface area (Å²) in [4.78, 5) is 240. The standard InChI is InChI=1S/C92H112FN15O19S2/c1-10-11-28-71-90(125)104(6)47-77(112)97-67(45-80(115)116)86(121)103-81(53(4)5)92(127)106(8)73(40-54-21-14-12-15-22-54)87(122)101-69-42-58-32-35-62(110)44-72(58)108(89(69)124)48-78(113)96-66(43-59-49-129-75-29-19-18-27-63(59)75)85(120)100-65(38-56-30-33-61(109)34-31-56)84(119)99-64(36-52(2)3)83(118)102-70(82(117)95-46-76(94)111)50-128-51-79(114)98-68(39-57-25-20-26-60(93)37-57)88(123)107(9)74(91(126)105(71)7)41-55-23-16-13-17-24-55/h12-27,29-35,37,44,49,52-53,64-71,73-74,81,109-110H,10-11,28,36,38-43,45-48,50-51H2,1-9H3,(H2,94,111)(H,95,117)(H,96,113)(H,97,112)(H,98,114)(H,99,119)(H,100,120)(H,101,122)(H,102,118)(H,103,121)(H,115,116)/t64-,65?,66-,67-,68-,69-,70-,71-,73-,74-,81-/m0/s1. The summed E-state index contributed by atoms with van der Waals surface area (Å²) >= 11 is 2.11. The van der Waals surface area contributed by atoms with Gasteiger partial charge in [-0.1, -0.05) is 157 Å². The number of anilines is 1. The maximum absolute atomic E-state index is 15.5. The van der Waals surface area contributed by atoms with Gasteiger partial charge in [0, 0.05) is 83.2 Å². The van der Waals surface area contributed by atoms with Gasteiger partial charge in [0.05, 0.1) is 31.0 Å². The third-order valence-electron chi connectivity index (χ3n) is 22.2. The minimum absolute atomic E-state index is 0.00325. The molecule has 1 aromatic heterocycles. The van der Waals surface area contributed by atoms with Gasteiger partial charge in [0.1, 0.15) is 90.3 Å². The van der Waals surface area contributed by atoms with Crippen LogP contribution in [0.25, 0.3) is 10.1 Å². The molecule has 6 aromatic carbocycles. The molecule has 37 heteroatoms. The number of carbonyl (C=O) groups is 16. The lowest BCUT2D eigenvalue weighted by Gasteiger charge is -2.37. The number of thiophene rings is 1. The van der Waals surface area contributed by atoms with E-state index in [1.807, 2.05) is 13.0 Å². The molecule has 14 N–H and O–H groups in total. The highest BCUT2D eigenvalue weighted by Gasteiger charge is 2.44. The highest BCUT2D eigenvalue weighted by Crippen LogP contribution is 2.33. The number of thioether (sulfide) groups is 1. The van der Waals surface area contributed by atoms with Crippen molar-refractivity contribution in [1.82, 2.24) is 67.5 Å². The maximum atomic E-state index is 15.5. The van der Waals surface area contributed by atoms with Crippen LogP contribution in [0.5, 0.6) is 11.5 Å². The molecule has 9 rings (SSSR count). The number of likely N-dealkylation sites (N-methyl/N-ethyl adjacent to an activating group) is 4. The molecule has 3 heterocycles. The third kappa shape index (κ3) is 28.3. The number of nitrogens with two attached hydrogens (primary N) is 1. The Hall–Kier alpha value is -13.3. The number of phenolic OH excluding ortho intramolecular Hbond substituents is 2. The summed E-state index contributed by atoms with van der Waals surface area (Å²) in [6.45, 7) is 5.98. The predicted octanol–water partition coefficient (Wildman–Crippen LogP) is 3.09. The van der Waals surface area contributed by atoms with Crippen molar-refractivity contribution in [3.05, 3.63) is 196 Å². The molecule has 2 aliphatic heterocycles. The summed E-state index contributed by atoms with van der Waals surface area (Å²) in [7, 11) is 5.15. The molecule has 15 amide bonds. The van der Waals surface area contributed by atoms with Gasteiger partial charge in [-0.15, -0.1) is 23.1 Å². The number of amides is 15. The zero-order valence-corrected chi connectivity index (χ0v) is 74.8. The second-order valence-corrected chi connectivity index (χ2v) is 34.9. The fourth-order valence-electron chi connectivity index (χ4n) is 15.3. The molecule has 129 heavy (non-hydrogen) atoms. The fourth-order valence-corrected chi connectivity index (χ4v) is 17.1. The Labute approximate surface area is 754 Å². The van der Waals surface area contributed by atoms with Gasteiger partial charge in [0.15, 0.2) is 0 Å². The van der Waals surface area contributed by atoms with Crippen LogP contribution in [0.3, 0.4) is 0 Å². The molecule has 0 spiro atoms. The molecule has 7 aromatic rings. The molecule has 11 atom stereocenters. The molecule has 2 aliphatic rings. The van der Waals surface area contributed by atoms with Crippen LogP contribution in [0, 0.1) is 17.7 Å². The van der Waals surface area contributed by atoms with Crippen LogP contribution in [0.15, 0.2) is 157 Å². The zero-order chi connectivity index (χ0) is 94.0. The number of carbonyl (C=O) groups excluding carboxylic acids is 15. The number of hydrogen-bond donors (Lipinski definition) is 13. The summed E-state index contributed by atoms with van der Waals surface area (Å²) in [6.07, 6.45) is -1.90. The molecular formula is C92H112FN15O19S2. The molecule has 34 nitrogen and oxygen atoms in total. The number of benzene rings is 6. The van der Waals surface area contributed by atoms with E-state index in [0.717, 1.165) is 53.1 Å². The van der Waals surface area contributed by atoms with Crippen molar-refractivity contribution in [2.75, 3.05) is 64.2 Å². The monoisotopic (exact) mass is 1810 g/mol. The Kier molecular flexibility index (Phi) is 36.2. The van der Waals surface area contributed by atoms with Crippen molar-refractivity contribution in [1.29, 1.82) is 0 Å². The zero-order valence-electron chi connectivity index (χ0n) is 73.2. The van der Waals surface area contributed by atoms with Crippen molar-refractivity contribution in [2.24, 2.45) is 17.6 Å². The number of halogens is 1. The number of fused-ring (bicyclic) bond motifs is 5. The minimum Gasteiger partial charge on any atom is -0.508 e. The number of primary amides is 1. The number of carboxylic acid groups (broad SMARTS) is 1. The molecule has 2 bridgehead atoms. The van der Waals surface area contributed by atoms with Gasteiger partial charge in [0.2, 0.25) is 88.6 Å². The Balaban J connectivity index is 1.12. The second kappa shape index (κ2) is 46.9. The first-order chi connectivity index (χ1) is 61.4. The quantitative estimate of drug-likeness (QED) is 0.0491. The first-order valence-corrected chi connectivity index (χ1v) is 44.4. The van der Waals surface area contributed by atoms with Gasteiger partial charge in [-0.05, 0) is 105 Å². The van der Waals surface area contributed by atoms with Crippen LogP contribution < -0.4 is 58.5 Å². The SMILES string of the molecule is CCCC[C@H]1C(=O)N(C)CC(=O)N[C@@H](CC(=O)O)C(=O)N[C@@H](C(C)C)C(=O)N(C)[C@@H](Cc2ccccc2)C(=O)N[C@H]2Cc3ccc(O)cc3N(CC(=O)N[C@@H](Cc3csc4ccccc34)C(=O)NC(Cc3ccc(O)cc3)C(=O)N[C@@H](CC(C)C)C(=O)N[C@H](C(=O)NCC(N)=O)CSCC(=O)N[C@@H](Cc3cccc(F)c3)C(=O)N(C)[C@@H](Cc3ccccc3)C(=O)N1C)C2=O. The van der Waals surface area contributed by atoms with Crippen molar-refractivity contribution < 1.29 is 96.4 Å². The van der Waals surface area contributed by atoms with Crippen molar-refractivity contribution in [3.8, 4) is 11.5 Å². The number of aliphatic carboxylic acids is 1. The van der Waals surface area contributed by atoms with Crippen LogP contribution >= 0.6 is 23.1 Å². The number of hydrogen-bond acceptors (Lipinski definition) is 20. The average Bonchev–Trinajstić information content (AvgIpc) is 1.23. The summed E-state index contributed by atoms with van der Waals surface area (Å²) in [5.41, 5.74) is 8.06. The van der Waals surface area contributed by atoms with E-state index in [9.17, 15) is 53.7 Å². The highest BCUT2D eigenvalue weighted by atomic mass is 32.2. The first-order valence-electron chi connectivity index (χ1n) is 42.4. The van der Waals surface area contributed by atoms with E-state index in [1.54, 1.807) is 112 Å². The van der Waals surface area contributed by atoms with Gasteiger partial charge in [-0.25, -0.2) is 4.39 Å². The minimum atomic E-state index is -1.92. The number of nitrogens with one attached hydrogen (secondary N) is 9. The molecule has 1 fully saturated rings. The predicted molar refractivity (Wildman–Crippen MR) is 480 cm³/mol. The van der Waals surface area contributed by atoms with Gasteiger partial charge < -0.3 is 93.4 Å². The van der Waals surface area contributed by atoms with Crippen molar-refractivity contribution >= 4 is 133 Å². The Morgan fingerprint density at radius 3 is 1.72 bits per heavy atom. The lowest BCUT2D eigenvalue weighted by molar-refractivity contribution is -0.151. The maximum Gasteiger partial charge on any atom is 0.305 e. The smallest absolute Gasteiger partial charge is 0.305 e. The van der Waals surface area contributed by atoms with E-state index in [1.165, 1.54) is 94.1 Å². The average molecular weight is 1820 g/mol. The van der Waals surface area contributed by atoms with Gasteiger partial charge in [0.25, 0.3) is 0 Å². The number of phenols is 2. The number of aromatic hydroxyl groups is 2. The number of rotatable bonds is 21. The van der Waals surface area contributed by atoms with E-state index in [4.69, 9.17) is 5.73 Å². The molecule has 1 unspecified atom stereocenters. The fraction of sp³-hybridized carbons (Fsp3) is 0.413. The van der Waals surface area contributed by atoms with E-state index >= 15 is 42.7 Å². The molecule has 0 saturated carbocycles. The van der Waals surface area contributed by atoms with Gasteiger partial charge in [-0.2, -0.15) is 0 Å². The Morgan fingerprint density at radius 2 is 1.09 bits per heavy atom. The molecule has 0 aliphatic carbocycles. The lowest BCUT2D eigenvalue weighted by atomic mass is 9.95. The lowest BCUT2D eigenvalue weighted by Crippen LogP contribution is -2.62. The van der Waals surface area contributed by atoms with E-state index in [0.29, 0.717) is 46.0 Å². The topological polar surface area (TPSA) is 484 Å². The van der Waals surface area contributed by atoms with Crippen LogP contribution in [0.4, 0.5) is 10.1 Å². The molecular weight excluding hydrogens is 1700 g/mol. The van der Waals surface area contributed by atoms with E-state index in [2.05, 4.69) is 47.9 Å². The summed E-state index contributed by atoms with van der Waals surface area (Å²) in [5.74, 6) is -19.0. The van der Waals surface area contributed by atoms with Crippen LogP contribution in [0.2, 0.25) is 0 Å². The second-order valence-electron chi connectivity index (χ2n) is 33.0. The Bertz CT molecular complexity index is 5220. The number of carboxylic acids is 1. The van der Waals surface area contributed by atoms with Gasteiger partial charge in [-0.3, -0.25) is 76.7 Å². The van der Waals surface area contributed by atoms with Crippen LogP contribution in [-0.4, -0.2) is 255 Å². The highest BCUT2D eigenvalue weighted by molar-refractivity contribution is 8.00. The summed E-state index contributed by atoms with van der Waals surface area (Å²) in [6, 6.07) is 21.7. The molecule has 0 radical (unpaired) electrons. The molecule has 1 saturated heterocycles. The van der Waals surface area contributed by atoms with Crippen LogP contribution in [-0.2, 0) is 115 Å². The van der Waals surface area contributed by atoms with Gasteiger partial charge >= 0.3 is 5.97 Å². The van der Waals surface area contributed by atoms with E-state index < -0.39 is 210 Å². The number of unbranched alkanes of at least 4 members (excludes halogenated alkanes) is 1. The Morgan fingerprint density at radius 1 is 0.527 bits per heavy atom. The van der Waals surface area contributed by atoms with E-state index in [-0.39, 0.29) is 80.0 Å². The first kappa shape index (κ1) is 99.5. The molecule has 688 valence electrons. The third-order valence-corrected chi connectivity index (χ3v) is 24.3.